The fourth-order valence-electron chi connectivity index (χ4n) is 5.04. The SMILES string of the molecule is COc1ccc(CCN(C(=O)c2snc(C(N)=O)c2N)C(C(=O)NC2CCCCC2)c2ccc(F)cc2)cc1OC. The first-order chi connectivity index (χ1) is 19.7. The van der Waals surface area contributed by atoms with Gasteiger partial charge in [0.1, 0.15) is 16.7 Å². The van der Waals surface area contributed by atoms with Gasteiger partial charge in [0.25, 0.3) is 11.8 Å². The smallest absolute Gasteiger partial charge is 0.270 e. The fourth-order valence-corrected chi connectivity index (χ4v) is 5.80. The molecule has 0 spiro atoms. The van der Waals surface area contributed by atoms with Crippen LogP contribution in [0.3, 0.4) is 0 Å². The second-order valence-corrected chi connectivity index (χ2v) is 10.6. The van der Waals surface area contributed by atoms with Crippen molar-refractivity contribution in [3.05, 3.63) is 70.0 Å². The number of carbonyl (C=O) groups is 3. The van der Waals surface area contributed by atoms with E-state index in [0.29, 0.717) is 23.5 Å². The minimum Gasteiger partial charge on any atom is -0.493 e. The lowest BCUT2D eigenvalue weighted by atomic mass is 9.94. The van der Waals surface area contributed by atoms with Crippen LogP contribution in [0.4, 0.5) is 10.1 Å². The molecule has 5 N–H and O–H groups in total. The fraction of sp³-hybridized carbons (Fsp3) is 0.379. The molecule has 3 aromatic rings. The van der Waals surface area contributed by atoms with E-state index in [0.717, 1.165) is 49.2 Å². The van der Waals surface area contributed by atoms with Gasteiger partial charge in [0.2, 0.25) is 5.91 Å². The zero-order chi connectivity index (χ0) is 29.5. The molecule has 0 saturated heterocycles. The van der Waals surface area contributed by atoms with Crippen molar-refractivity contribution >= 4 is 34.9 Å². The maximum Gasteiger partial charge on any atom is 0.270 e. The summed E-state index contributed by atoms with van der Waals surface area (Å²) in [6.45, 7) is 0.0810. The summed E-state index contributed by atoms with van der Waals surface area (Å²) >= 11 is 0.741. The number of nitrogens with zero attached hydrogens (tertiary/aromatic N) is 2. The van der Waals surface area contributed by atoms with Gasteiger partial charge in [-0.05, 0) is 66.2 Å². The second-order valence-electron chi connectivity index (χ2n) is 9.87. The van der Waals surface area contributed by atoms with Gasteiger partial charge in [-0.25, -0.2) is 4.39 Å². The van der Waals surface area contributed by atoms with Crippen molar-refractivity contribution in [1.82, 2.24) is 14.6 Å². The van der Waals surface area contributed by atoms with E-state index >= 15 is 0 Å². The molecule has 41 heavy (non-hydrogen) atoms. The van der Waals surface area contributed by atoms with Gasteiger partial charge in [0.05, 0.1) is 19.9 Å². The molecule has 1 unspecified atom stereocenters. The molecular formula is C29H34FN5O5S. The van der Waals surface area contributed by atoms with Crippen LogP contribution in [0.5, 0.6) is 11.5 Å². The lowest BCUT2D eigenvalue weighted by Crippen LogP contribution is -2.47. The van der Waals surface area contributed by atoms with Crippen LogP contribution in [0.2, 0.25) is 0 Å². The van der Waals surface area contributed by atoms with Crippen molar-refractivity contribution in [1.29, 1.82) is 0 Å². The summed E-state index contributed by atoms with van der Waals surface area (Å²) < 4.78 is 28.6. The van der Waals surface area contributed by atoms with Gasteiger partial charge in [0.15, 0.2) is 17.2 Å². The number of rotatable bonds is 11. The number of nitrogen functional groups attached to an aromatic ring is 1. The number of nitrogens with one attached hydrogen (secondary N) is 1. The lowest BCUT2D eigenvalue weighted by Gasteiger charge is -2.33. The summed E-state index contributed by atoms with van der Waals surface area (Å²) in [6, 6.07) is 9.73. The van der Waals surface area contributed by atoms with Crippen LogP contribution in [0.1, 0.15) is 69.4 Å². The Morgan fingerprint density at radius 3 is 2.37 bits per heavy atom. The molecular weight excluding hydrogens is 549 g/mol. The summed E-state index contributed by atoms with van der Waals surface area (Å²) in [7, 11) is 3.07. The van der Waals surface area contributed by atoms with E-state index in [4.69, 9.17) is 20.9 Å². The predicted octanol–water partition coefficient (Wildman–Crippen LogP) is 3.86. The first-order valence-electron chi connectivity index (χ1n) is 13.4. The maximum absolute atomic E-state index is 14.1. The number of aromatic nitrogens is 1. The third-order valence-electron chi connectivity index (χ3n) is 7.20. The number of anilines is 1. The van der Waals surface area contributed by atoms with E-state index in [1.165, 1.54) is 43.4 Å². The van der Waals surface area contributed by atoms with E-state index in [2.05, 4.69) is 9.69 Å². The maximum atomic E-state index is 14.1. The number of amides is 3. The molecule has 3 amide bonds. The second kappa shape index (κ2) is 13.4. The Hall–Kier alpha value is -4.19. The van der Waals surface area contributed by atoms with E-state index in [-0.39, 0.29) is 34.8 Å². The van der Waals surface area contributed by atoms with Gasteiger partial charge in [-0.2, -0.15) is 4.37 Å². The Labute approximate surface area is 242 Å². The van der Waals surface area contributed by atoms with Crippen molar-refractivity contribution in [2.45, 2.75) is 50.6 Å². The van der Waals surface area contributed by atoms with Crippen molar-refractivity contribution < 1.29 is 28.2 Å². The molecule has 1 aliphatic carbocycles. The van der Waals surface area contributed by atoms with E-state index < -0.39 is 23.7 Å². The van der Waals surface area contributed by atoms with E-state index in [1.54, 1.807) is 12.1 Å². The van der Waals surface area contributed by atoms with Crippen molar-refractivity contribution in [3.63, 3.8) is 0 Å². The average molecular weight is 584 g/mol. The number of benzene rings is 2. The third kappa shape index (κ3) is 6.94. The lowest BCUT2D eigenvalue weighted by molar-refractivity contribution is -0.126. The summed E-state index contributed by atoms with van der Waals surface area (Å²) in [5.74, 6) is -1.24. The minimum atomic E-state index is -1.11. The molecule has 1 aromatic heterocycles. The van der Waals surface area contributed by atoms with Crippen molar-refractivity contribution in [3.8, 4) is 11.5 Å². The molecule has 0 aliphatic heterocycles. The summed E-state index contributed by atoms with van der Waals surface area (Å²) in [6.07, 6.45) is 5.12. The highest BCUT2D eigenvalue weighted by Crippen LogP contribution is 2.32. The number of hydrogen-bond donors (Lipinski definition) is 3. The van der Waals surface area contributed by atoms with E-state index in [1.807, 2.05) is 6.07 Å². The zero-order valence-electron chi connectivity index (χ0n) is 23.0. The predicted molar refractivity (Wildman–Crippen MR) is 153 cm³/mol. The Bertz CT molecular complexity index is 1390. The Morgan fingerprint density at radius 2 is 1.76 bits per heavy atom. The van der Waals surface area contributed by atoms with Gasteiger partial charge in [0, 0.05) is 12.6 Å². The molecule has 1 saturated carbocycles. The standard InChI is InChI=1S/C29H34FN5O5S/c1-39-21-13-8-17(16-22(21)40-2)14-15-35(29(38)26-23(31)24(27(32)36)34-41-26)25(18-9-11-19(30)12-10-18)28(37)33-20-6-4-3-5-7-20/h8-13,16,20,25H,3-7,14-15,31H2,1-2H3,(H2,32,36)(H,33,37). The molecule has 12 heteroatoms. The van der Waals surface area contributed by atoms with Crippen molar-refractivity contribution in [2.75, 3.05) is 26.5 Å². The van der Waals surface area contributed by atoms with Crippen molar-refractivity contribution in [2.24, 2.45) is 5.73 Å². The third-order valence-corrected chi connectivity index (χ3v) is 8.05. The molecule has 4 rings (SSSR count). The molecule has 0 radical (unpaired) electrons. The highest BCUT2D eigenvalue weighted by atomic mass is 32.1. The summed E-state index contributed by atoms with van der Waals surface area (Å²) in [4.78, 5) is 41.2. The number of nitrogens with two attached hydrogens (primary N) is 2. The van der Waals surface area contributed by atoms with Gasteiger partial charge >= 0.3 is 0 Å². The number of halogens is 1. The largest absolute Gasteiger partial charge is 0.493 e. The number of methoxy groups -OCH3 is 2. The molecule has 218 valence electrons. The summed E-state index contributed by atoms with van der Waals surface area (Å²) in [5.41, 5.74) is 12.4. The monoisotopic (exact) mass is 583 g/mol. The average Bonchev–Trinajstić information content (AvgIpc) is 3.37. The van der Waals surface area contributed by atoms with Gasteiger partial charge in [-0.15, -0.1) is 0 Å². The quantitative estimate of drug-likeness (QED) is 0.310. The van der Waals surface area contributed by atoms with Gasteiger partial charge in [-0.3, -0.25) is 14.4 Å². The van der Waals surface area contributed by atoms with Crippen LogP contribution in [-0.2, 0) is 11.2 Å². The zero-order valence-corrected chi connectivity index (χ0v) is 23.8. The Balaban J connectivity index is 1.74. The number of carbonyl (C=O) groups excluding carboxylic acids is 3. The first-order valence-corrected chi connectivity index (χ1v) is 14.1. The highest BCUT2D eigenvalue weighted by molar-refractivity contribution is 7.09. The van der Waals surface area contributed by atoms with Crippen LogP contribution >= 0.6 is 11.5 Å². The molecule has 1 atom stereocenters. The molecule has 1 heterocycles. The van der Waals surface area contributed by atoms with Crippen LogP contribution in [0.15, 0.2) is 42.5 Å². The number of hydrogen-bond acceptors (Lipinski definition) is 8. The minimum absolute atomic E-state index is 0.0105. The van der Waals surface area contributed by atoms with Crippen LogP contribution in [-0.4, -0.2) is 53.8 Å². The molecule has 10 nitrogen and oxygen atoms in total. The van der Waals surface area contributed by atoms with Crippen LogP contribution < -0.4 is 26.3 Å². The Morgan fingerprint density at radius 1 is 1.07 bits per heavy atom. The molecule has 1 aliphatic rings. The van der Waals surface area contributed by atoms with Gasteiger partial charge in [-0.1, -0.05) is 37.5 Å². The first kappa shape index (κ1) is 29.8. The van der Waals surface area contributed by atoms with Crippen LogP contribution in [0.25, 0.3) is 0 Å². The number of primary amides is 1. The number of ether oxygens (including phenoxy) is 2. The van der Waals surface area contributed by atoms with Gasteiger partial charge < -0.3 is 31.2 Å². The topological polar surface area (TPSA) is 150 Å². The highest BCUT2D eigenvalue weighted by Gasteiger charge is 2.35. The summed E-state index contributed by atoms with van der Waals surface area (Å²) in [5, 5.41) is 3.11. The molecule has 0 bridgehead atoms. The van der Waals surface area contributed by atoms with Crippen LogP contribution in [0, 0.1) is 5.82 Å². The Kier molecular flexibility index (Phi) is 9.77. The molecule has 1 fully saturated rings. The molecule has 2 aromatic carbocycles. The normalized spacial score (nSPS) is 14.2. The van der Waals surface area contributed by atoms with E-state index in [9.17, 15) is 18.8 Å².